The molecule has 0 saturated heterocycles. The summed E-state index contributed by atoms with van der Waals surface area (Å²) in [5.41, 5.74) is -1.87. The van der Waals surface area contributed by atoms with E-state index in [1.165, 1.54) is 0 Å². The van der Waals surface area contributed by atoms with Crippen molar-refractivity contribution in [3.63, 3.8) is 0 Å². The first-order valence-corrected chi connectivity index (χ1v) is 8.96. The first-order valence-electron chi connectivity index (χ1n) is 8.96. The molecule has 0 aromatic heterocycles. The SMILES string of the molecule is CC(C)(C)C(C)(C)OC(=O)CC(=O)[O-].CC(C)(C)C(C)(C)OC(=O)CC(=O)[O-].[K+].[Li+]. The molecule has 0 spiro atoms. The van der Waals surface area contributed by atoms with Gasteiger partial charge in [0.1, 0.15) is 11.2 Å². The first kappa shape index (κ1) is 37.4. The van der Waals surface area contributed by atoms with Crippen molar-refractivity contribution in [1.29, 1.82) is 0 Å². The Kier molecular flexibility index (Phi) is 17.8. The predicted octanol–water partition coefficient (Wildman–Crippen LogP) is -5.00. The molecular weight excluding hydrogens is 414 g/mol. The topological polar surface area (TPSA) is 133 Å². The van der Waals surface area contributed by atoms with Gasteiger partial charge < -0.3 is 29.3 Å². The molecule has 10 heteroatoms. The summed E-state index contributed by atoms with van der Waals surface area (Å²) in [6.07, 6.45) is -1.39. The van der Waals surface area contributed by atoms with Gasteiger partial charge in [0.15, 0.2) is 0 Å². The minimum absolute atomic E-state index is 0. The van der Waals surface area contributed by atoms with Crippen molar-refractivity contribution in [2.24, 2.45) is 10.8 Å². The van der Waals surface area contributed by atoms with Crippen molar-refractivity contribution in [1.82, 2.24) is 0 Å². The van der Waals surface area contributed by atoms with Gasteiger partial charge in [0.2, 0.25) is 0 Å². The van der Waals surface area contributed by atoms with E-state index >= 15 is 0 Å². The number of carboxylic acids is 2. The van der Waals surface area contributed by atoms with Crippen molar-refractivity contribution in [2.45, 2.75) is 93.3 Å². The van der Waals surface area contributed by atoms with Crippen LogP contribution in [-0.4, -0.2) is 35.1 Å². The summed E-state index contributed by atoms with van der Waals surface area (Å²) < 4.78 is 10.1. The monoisotopic (exact) mass is 448 g/mol. The van der Waals surface area contributed by atoms with E-state index in [-0.39, 0.29) is 81.1 Å². The van der Waals surface area contributed by atoms with Crippen molar-refractivity contribution in [3.05, 3.63) is 0 Å². The molecule has 0 aliphatic heterocycles. The number of aliphatic carboxylic acids is 2. The summed E-state index contributed by atoms with van der Waals surface area (Å²) in [5, 5.41) is 20.3. The maximum Gasteiger partial charge on any atom is 1.00 e. The van der Waals surface area contributed by atoms with Crippen LogP contribution in [0.2, 0.25) is 0 Å². The molecule has 164 valence electrons. The number of carbonyl (C=O) groups excluding carboxylic acids is 4. The molecule has 0 aromatic carbocycles. The van der Waals surface area contributed by atoms with Gasteiger partial charge in [-0.15, -0.1) is 0 Å². The number of carboxylic acid groups (broad SMARTS) is 2. The summed E-state index contributed by atoms with van der Waals surface area (Å²) in [5.74, 6) is -4.35. The molecule has 0 radical (unpaired) electrons. The smallest absolute Gasteiger partial charge is 0.550 e. The minimum atomic E-state index is -1.42. The van der Waals surface area contributed by atoms with Crippen molar-refractivity contribution in [2.75, 3.05) is 0 Å². The van der Waals surface area contributed by atoms with Gasteiger partial charge >= 0.3 is 82.2 Å². The Morgan fingerprint density at radius 3 is 0.933 bits per heavy atom. The fourth-order valence-corrected chi connectivity index (χ4v) is 1.18. The molecule has 0 fully saturated rings. The molecule has 0 aliphatic carbocycles. The second-order valence-corrected chi connectivity index (χ2v) is 9.57. The van der Waals surface area contributed by atoms with Gasteiger partial charge in [-0.3, -0.25) is 9.59 Å². The zero-order valence-corrected chi connectivity index (χ0v) is 23.8. The molecule has 0 aliphatic rings. The molecular formula is C20H34KLiO8. The van der Waals surface area contributed by atoms with Crippen molar-refractivity contribution in [3.8, 4) is 0 Å². The van der Waals surface area contributed by atoms with E-state index in [9.17, 15) is 29.4 Å². The summed E-state index contributed by atoms with van der Waals surface area (Å²) in [6, 6.07) is 0. The van der Waals surface area contributed by atoms with E-state index in [1.807, 2.05) is 41.5 Å². The van der Waals surface area contributed by atoms with E-state index in [1.54, 1.807) is 27.7 Å². The number of carbonyl (C=O) groups is 4. The zero-order valence-electron chi connectivity index (χ0n) is 20.7. The van der Waals surface area contributed by atoms with Crippen LogP contribution in [0.4, 0.5) is 0 Å². The Morgan fingerprint density at radius 2 is 0.800 bits per heavy atom. The van der Waals surface area contributed by atoms with E-state index in [4.69, 9.17) is 9.47 Å². The number of rotatable bonds is 6. The molecule has 0 aromatic rings. The fourth-order valence-electron chi connectivity index (χ4n) is 1.18. The maximum atomic E-state index is 11.1. The van der Waals surface area contributed by atoms with Crippen LogP contribution in [0.5, 0.6) is 0 Å². The van der Waals surface area contributed by atoms with Crippen LogP contribution in [0, 0.1) is 10.8 Å². The molecule has 0 amide bonds. The molecule has 0 N–H and O–H groups in total. The van der Waals surface area contributed by atoms with E-state index < -0.39 is 47.9 Å². The van der Waals surface area contributed by atoms with Gasteiger partial charge in [-0.1, -0.05) is 41.5 Å². The second kappa shape index (κ2) is 14.3. The molecule has 0 bridgehead atoms. The summed E-state index contributed by atoms with van der Waals surface area (Å²) in [4.78, 5) is 42.4. The van der Waals surface area contributed by atoms with Crippen LogP contribution < -0.4 is 80.5 Å². The number of hydrogen-bond acceptors (Lipinski definition) is 8. The summed E-state index contributed by atoms with van der Waals surface area (Å²) >= 11 is 0. The quantitative estimate of drug-likeness (QED) is 0.224. The minimum Gasteiger partial charge on any atom is -0.550 e. The molecule has 0 unspecified atom stereocenters. The third kappa shape index (κ3) is 15.8. The Labute approximate surface area is 234 Å². The molecule has 0 rings (SSSR count). The molecule has 30 heavy (non-hydrogen) atoms. The van der Waals surface area contributed by atoms with Crippen LogP contribution in [0.3, 0.4) is 0 Å². The average molecular weight is 449 g/mol. The normalized spacial score (nSPS) is 11.5. The summed E-state index contributed by atoms with van der Waals surface area (Å²) in [7, 11) is 0. The van der Waals surface area contributed by atoms with E-state index in [0.29, 0.717) is 0 Å². The first-order chi connectivity index (χ1) is 12.1. The Bertz CT molecular complexity index is 535. The van der Waals surface area contributed by atoms with Crippen molar-refractivity contribution < 1.29 is 109 Å². The Morgan fingerprint density at radius 1 is 0.600 bits per heavy atom. The maximum absolute atomic E-state index is 11.1. The van der Waals surface area contributed by atoms with Crippen LogP contribution >= 0.6 is 0 Å². The standard InChI is InChI=1S/2C10H18O4.K.Li/c2*1-9(2,3)10(4,5)14-8(13)6-7(11)12;;/h2*6H2,1-5H3,(H,11,12);;/q;;2*+1/p-2. The van der Waals surface area contributed by atoms with Crippen molar-refractivity contribution >= 4 is 23.9 Å². The Balaban J connectivity index is -0.000000211. The van der Waals surface area contributed by atoms with Gasteiger partial charge in [0.05, 0.1) is 24.8 Å². The third-order valence-electron chi connectivity index (χ3n) is 4.93. The number of ether oxygens (including phenoxy) is 2. The third-order valence-corrected chi connectivity index (χ3v) is 4.93. The summed E-state index contributed by atoms with van der Waals surface area (Å²) in [6.45, 7) is 18.5. The van der Waals surface area contributed by atoms with Crippen LogP contribution in [0.15, 0.2) is 0 Å². The second-order valence-electron chi connectivity index (χ2n) is 9.57. The van der Waals surface area contributed by atoms with Crippen LogP contribution in [0.1, 0.15) is 82.1 Å². The number of esters is 2. The van der Waals surface area contributed by atoms with Crippen LogP contribution in [-0.2, 0) is 28.7 Å². The fraction of sp³-hybridized carbons (Fsp3) is 0.800. The average Bonchev–Trinajstić information content (AvgIpc) is 2.32. The van der Waals surface area contributed by atoms with E-state index in [2.05, 4.69) is 0 Å². The van der Waals surface area contributed by atoms with Gasteiger partial charge in [-0.25, -0.2) is 0 Å². The molecule has 0 heterocycles. The van der Waals surface area contributed by atoms with Gasteiger partial charge in [0, 0.05) is 10.8 Å². The zero-order chi connectivity index (χ0) is 23.1. The number of hydrogen-bond donors (Lipinski definition) is 0. The largest absolute Gasteiger partial charge is 1.00 e. The van der Waals surface area contributed by atoms with Gasteiger partial charge in [-0.2, -0.15) is 0 Å². The predicted molar refractivity (Wildman–Crippen MR) is 98.5 cm³/mol. The van der Waals surface area contributed by atoms with Crippen LogP contribution in [0.25, 0.3) is 0 Å². The molecule has 0 atom stereocenters. The Hall–Kier alpha value is 0.114. The molecule has 8 nitrogen and oxygen atoms in total. The van der Waals surface area contributed by atoms with Gasteiger partial charge in [0.25, 0.3) is 0 Å². The molecule has 0 saturated carbocycles. The van der Waals surface area contributed by atoms with Gasteiger partial charge in [-0.05, 0) is 27.7 Å². The van der Waals surface area contributed by atoms with E-state index in [0.717, 1.165) is 0 Å².